The monoisotopic (exact) mass is 315 g/mol. The number of aromatic nitrogens is 3. The molecule has 2 amide bonds. The highest BCUT2D eigenvalue weighted by molar-refractivity contribution is 5.88. The van der Waals surface area contributed by atoms with E-state index in [1.807, 2.05) is 30.3 Å². The van der Waals surface area contributed by atoms with Gasteiger partial charge in [0.05, 0.1) is 18.0 Å². The van der Waals surface area contributed by atoms with Crippen LogP contribution in [0.2, 0.25) is 0 Å². The number of benzene rings is 1. The van der Waals surface area contributed by atoms with Crippen LogP contribution in [0.1, 0.15) is 19.8 Å². The van der Waals surface area contributed by atoms with Crippen molar-refractivity contribution in [3.8, 4) is 5.69 Å². The molecule has 1 atom stereocenters. The van der Waals surface area contributed by atoms with Crippen LogP contribution in [0.5, 0.6) is 0 Å². The van der Waals surface area contributed by atoms with E-state index in [1.165, 1.54) is 0 Å². The first-order valence-electron chi connectivity index (χ1n) is 7.91. The van der Waals surface area contributed by atoms with Crippen molar-refractivity contribution in [2.24, 2.45) is 0 Å². The quantitative estimate of drug-likeness (QED) is 0.943. The molecule has 2 heterocycles. The Morgan fingerprint density at radius 3 is 3.00 bits per heavy atom. The van der Waals surface area contributed by atoms with Gasteiger partial charge in [-0.15, -0.1) is 5.10 Å². The highest BCUT2D eigenvalue weighted by atomic mass is 16.5. The second-order valence-corrected chi connectivity index (χ2v) is 5.50. The van der Waals surface area contributed by atoms with Gasteiger partial charge in [-0.25, -0.2) is 4.79 Å². The average Bonchev–Trinajstić information content (AvgIpc) is 2.90. The smallest absolute Gasteiger partial charge is 0.323 e. The summed E-state index contributed by atoms with van der Waals surface area (Å²) in [4.78, 5) is 14.3. The fraction of sp³-hybridized carbons (Fsp3) is 0.438. The van der Waals surface area contributed by atoms with Crippen LogP contribution in [0.3, 0.4) is 0 Å². The van der Waals surface area contributed by atoms with Gasteiger partial charge in [0.2, 0.25) is 0 Å². The molecule has 0 aliphatic carbocycles. The third kappa shape index (κ3) is 3.68. The SMILES string of the molecule is CCC1CN(C(=O)Nc2cnnn2-c2ccccc2)CCCO1. The van der Waals surface area contributed by atoms with Gasteiger partial charge in [-0.05, 0) is 25.0 Å². The summed E-state index contributed by atoms with van der Waals surface area (Å²) in [6, 6.07) is 9.45. The van der Waals surface area contributed by atoms with Crippen molar-refractivity contribution < 1.29 is 9.53 Å². The van der Waals surface area contributed by atoms with Crippen LogP contribution in [-0.4, -0.2) is 51.7 Å². The number of nitrogens with zero attached hydrogens (tertiary/aromatic N) is 4. The molecule has 0 saturated carbocycles. The van der Waals surface area contributed by atoms with Crippen molar-refractivity contribution in [3.63, 3.8) is 0 Å². The zero-order valence-electron chi connectivity index (χ0n) is 13.2. The summed E-state index contributed by atoms with van der Waals surface area (Å²) in [6.07, 6.45) is 3.39. The Kier molecular flexibility index (Phi) is 4.87. The molecule has 122 valence electrons. The highest BCUT2D eigenvalue weighted by Crippen LogP contribution is 2.15. The van der Waals surface area contributed by atoms with E-state index in [1.54, 1.807) is 15.8 Å². The minimum absolute atomic E-state index is 0.0976. The van der Waals surface area contributed by atoms with E-state index >= 15 is 0 Å². The molecule has 0 bridgehead atoms. The van der Waals surface area contributed by atoms with Crippen molar-refractivity contribution in [2.45, 2.75) is 25.9 Å². The number of rotatable bonds is 3. The normalized spacial score (nSPS) is 18.5. The Hall–Kier alpha value is -2.41. The zero-order chi connectivity index (χ0) is 16.1. The van der Waals surface area contributed by atoms with Crippen LogP contribution in [0, 0.1) is 0 Å². The van der Waals surface area contributed by atoms with Crippen molar-refractivity contribution >= 4 is 11.8 Å². The molecular formula is C16H21N5O2. The van der Waals surface area contributed by atoms with Gasteiger partial charge in [0.15, 0.2) is 5.82 Å². The highest BCUT2D eigenvalue weighted by Gasteiger charge is 2.22. The average molecular weight is 315 g/mol. The van der Waals surface area contributed by atoms with E-state index in [-0.39, 0.29) is 12.1 Å². The van der Waals surface area contributed by atoms with Gasteiger partial charge >= 0.3 is 6.03 Å². The van der Waals surface area contributed by atoms with Crippen LogP contribution in [-0.2, 0) is 4.74 Å². The van der Waals surface area contributed by atoms with E-state index in [4.69, 9.17) is 4.74 Å². The van der Waals surface area contributed by atoms with Crippen LogP contribution < -0.4 is 5.32 Å². The molecule has 1 saturated heterocycles. The standard InChI is InChI=1S/C16H21N5O2/c1-2-14-12-20(9-6-10-23-14)16(22)18-15-11-17-19-21(15)13-7-4-3-5-8-13/h3-5,7-8,11,14H,2,6,9-10,12H2,1H3,(H,18,22). The Morgan fingerprint density at radius 2 is 2.22 bits per heavy atom. The molecule has 7 heteroatoms. The predicted molar refractivity (Wildman–Crippen MR) is 86.6 cm³/mol. The van der Waals surface area contributed by atoms with Gasteiger partial charge in [-0.1, -0.05) is 30.3 Å². The molecule has 7 nitrogen and oxygen atoms in total. The van der Waals surface area contributed by atoms with E-state index in [0.717, 1.165) is 18.5 Å². The third-order valence-electron chi connectivity index (χ3n) is 3.88. The molecule has 1 fully saturated rings. The van der Waals surface area contributed by atoms with Gasteiger partial charge < -0.3 is 9.64 Å². The first-order chi connectivity index (χ1) is 11.3. The van der Waals surface area contributed by atoms with Crippen LogP contribution in [0.4, 0.5) is 10.6 Å². The fourth-order valence-corrected chi connectivity index (χ4v) is 2.60. The first kappa shape index (κ1) is 15.5. The molecule has 3 rings (SSSR count). The number of ether oxygens (including phenoxy) is 1. The van der Waals surface area contributed by atoms with Crippen LogP contribution in [0.25, 0.3) is 5.69 Å². The summed E-state index contributed by atoms with van der Waals surface area (Å²) in [5.41, 5.74) is 0.853. The van der Waals surface area contributed by atoms with Crippen molar-refractivity contribution in [2.75, 3.05) is 25.0 Å². The maximum absolute atomic E-state index is 12.6. The number of urea groups is 1. The van der Waals surface area contributed by atoms with Crippen molar-refractivity contribution in [1.82, 2.24) is 19.9 Å². The van der Waals surface area contributed by atoms with Gasteiger partial charge in [0.25, 0.3) is 0 Å². The summed E-state index contributed by atoms with van der Waals surface area (Å²) < 4.78 is 7.32. The number of amides is 2. The van der Waals surface area contributed by atoms with Crippen molar-refractivity contribution in [1.29, 1.82) is 0 Å². The molecule has 1 aromatic carbocycles. The molecule has 2 aromatic rings. The maximum Gasteiger partial charge on any atom is 0.323 e. The summed E-state index contributed by atoms with van der Waals surface area (Å²) in [5, 5.41) is 10.8. The van der Waals surface area contributed by atoms with E-state index in [0.29, 0.717) is 25.5 Å². The van der Waals surface area contributed by atoms with E-state index in [9.17, 15) is 4.79 Å². The van der Waals surface area contributed by atoms with E-state index in [2.05, 4.69) is 22.6 Å². The Bertz CT molecular complexity index is 643. The lowest BCUT2D eigenvalue weighted by Gasteiger charge is -2.23. The number of carbonyl (C=O) groups is 1. The van der Waals surface area contributed by atoms with Gasteiger partial charge in [-0.2, -0.15) is 4.68 Å². The summed E-state index contributed by atoms with van der Waals surface area (Å²) >= 11 is 0. The largest absolute Gasteiger partial charge is 0.376 e. The first-order valence-corrected chi connectivity index (χ1v) is 7.91. The van der Waals surface area contributed by atoms with Crippen LogP contribution >= 0.6 is 0 Å². The van der Waals surface area contributed by atoms with Gasteiger partial charge in [0, 0.05) is 19.7 Å². The Morgan fingerprint density at radius 1 is 1.39 bits per heavy atom. The molecule has 0 spiro atoms. The Labute approximate surface area is 135 Å². The predicted octanol–water partition coefficient (Wildman–Crippen LogP) is 2.30. The molecule has 23 heavy (non-hydrogen) atoms. The van der Waals surface area contributed by atoms with Gasteiger partial charge in [0.1, 0.15) is 0 Å². The van der Waals surface area contributed by atoms with Crippen LogP contribution in [0.15, 0.2) is 36.5 Å². The number of hydrogen-bond acceptors (Lipinski definition) is 4. The molecule has 0 radical (unpaired) electrons. The number of para-hydroxylation sites is 1. The van der Waals surface area contributed by atoms with E-state index < -0.39 is 0 Å². The minimum Gasteiger partial charge on any atom is -0.376 e. The Balaban J connectivity index is 1.72. The molecule has 1 aromatic heterocycles. The van der Waals surface area contributed by atoms with Gasteiger partial charge in [-0.3, -0.25) is 5.32 Å². The molecule has 1 N–H and O–H groups in total. The summed E-state index contributed by atoms with van der Waals surface area (Å²) in [6.45, 7) is 4.07. The number of anilines is 1. The topological polar surface area (TPSA) is 72.3 Å². The summed E-state index contributed by atoms with van der Waals surface area (Å²) in [5.74, 6) is 0.555. The fourth-order valence-electron chi connectivity index (χ4n) is 2.60. The number of hydrogen-bond donors (Lipinski definition) is 1. The second-order valence-electron chi connectivity index (χ2n) is 5.50. The van der Waals surface area contributed by atoms with Crippen molar-refractivity contribution in [3.05, 3.63) is 36.5 Å². The molecule has 1 aliphatic heterocycles. The summed E-state index contributed by atoms with van der Waals surface area (Å²) in [7, 11) is 0. The lowest BCUT2D eigenvalue weighted by atomic mass is 10.2. The lowest BCUT2D eigenvalue weighted by Crippen LogP contribution is -2.39. The maximum atomic E-state index is 12.6. The lowest BCUT2D eigenvalue weighted by molar-refractivity contribution is 0.0561. The molecule has 1 aliphatic rings. The number of nitrogens with one attached hydrogen (secondary N) is 1. The minimum atomic E-state index is -0.145. The zero-order valence-corrected chi connectivity index (χ0v) is 13.2. The second kappa shape index (κ2) is 7.23. The molecular weight excluding hydrogens is 294 g/mol. The number of carbonyl (C=O) groups excluding carboxylic acids is 1. The third-order valence-corrected chi connectivity index (χ3v) is 3.88. The molecule has 1 unspecified atom stereocenters.